The highest BCUT2D eigenvalue weighted by molar-refractivity contribution is 8.77. The maximum Gasteiger partial charge on any atom is 0.508 e. The maximum atomic E-state index is 13.2. The van der Waals surface area contributed by atoms with Crippen LogP contribution in [0.1, 0.15) is 72.1 Å². The zero-order valence-corrected chi connectivity index (χ0v) is 28.5. The smallest absolute Gasteiger partial charge is 0.458 e. The molecule has 2 saturated carbocycles. The molecule has 0 aromatic carbocycles. The van der Waals surface area contributed by atoms with Crippen LogP contribution in [0.2, 0.25) is 0 Å². The Morgan fingerprint density at radius 1 is 1.11 bits per heavy atom. The molecule has 5 aliphatic heterocycles. The van der Waals surface area contributed by atoms with Crippen molar-refractivity contribution in [2.45, 2.75) is 119 Å². The fourth-order valence-corrected chi connectivity index (χ4v) is 12.9. The molecule has 254 valence electrons. The van der Waals surface area contributed by atoms with E-state index in [4.69, 9.17) is 33.2 Å². The van der Waals surface area contributed by atoms with Crippen molar-refractivity contribution in [3.63, 3.8) is 0 Å². The summed E-state index contributed by atoms with van der Waals surface area (Å²) < 4.78 is 42.5. The summed E-state index contributed by atoms with van der Waals surface area (Å²) in [4.78, 5) is 37.7. The Bertz CT molecular complexity index is 1320. The fraction of sp³-hybridized carbons (Fsp3) is 0.848. The van der Waals surface area contributed by atoms with Crippen molar-refractivity contribution in [1.29, 1.82) is 0 Å². The zero-order chi connectivity index (χ0) is 31.9. The molecule has 1 N–H and O–H groups in total. The lowest BCUT2D eigenvalue weighted by molar-refractivity contribution is -0.136. The van der Waals surface area contributed by atoms with E-state index in [1.807, 2.05) is 21.6 Å². The number of fused-ring (bicyclic) bond motifs is 4. The highest BCUT2D eigenvalue weighted by atomic mass is 33.1. The lowest BCUT2D eigenvalue weighted by atomic mass is 9.46. The Balaban J connectivity index is 0.833. The highest BCUT2D eigenvalue weighted by Crippen LogP contribution is 2.83. The molecule has 4 saturated heterocycles. The predicted molar refractivity (Wildman–Crippen MR) is 168 cm³/mol. The summed E-state index contributed by atoms with van der Waals surface area (Å²) >= 11 is 0. The number of nitrogens with one attached hydrogen (secondary N) is 1. The number of carbonyl (C=O) groups excluding carboxylic acids is 3. The number of unbranched alkanes of at least 4 members (excludes halogenated alkanes) is 1. The van der Waals surface area contributed by atoms with Crippen LogP contribution < -0.4 is 5.32 Å². The molecule has 46 heavy (non-hydrogen) atoms. The van der Waals surface area contributed by atoms with Gasteiger partial charge in [0.2, 0.25) is 5.91 Å². The molecule has 2 spiro atoms. The Labute approximate surface area is 277 Å². The Hall–Kier alpha value is -1.51. The molecule has 1 amide bonds. The molecule has 8 aliphatic rings. The van der Waals surface area contributed by atoms with E-state index in [0.717, 1.165) is 42.1 Å². The van der Waals surface area contributed by atoms with Gasteiger partial charge in [-0.2, -0.15) is 0 Å². The molecule has 2 unspecified atom stereocenters. The van der Waals surface area contributed by atoms with Gasteiger partial charge in [0.25, 0.3) is 0 Å². The first-order valence-electron chi connectivity index (χ1n) is 17.1. The first-order chi connectivity index (χ1) is 22.2. The van der Waals surface area contributed by atoms with Crippen LogP contribution in [0.15, 0.2) is 11.1 Å². The van der Waals surface area contributed by atoms with Gasteiger partial charge in [-0.1, -0.05) is 48.8 Å². The molecule has 13 heteroatoms. The molecule has 5 heterocycles. The second-order valence-electron chi connectivity index (χ2n) is 14.6. The van der Waals surface area contributed by atoms with E-state index >= 15 is 0 Å². The lowest BCUT2D eigenvalue weighted by Gasteiger charge is -2.53. The highest BCUT2D eigenvalue weighted by Gasteiger charge is 3.01. The summed E-state index contributed by atoms with van der Waals surface area (Å²) in [5, 5.41) is 3.64. The average Bonchev–Trinajstić information content (AvgIpc) is 3.97. The number of esters is 1. The minimum Gasteiger partial charge on any atom is -0.458 e. The first-order valence-corrected chi connectivity index (χ1v) is 19.5. The minimum atomic E-state index is -0.815. The van der Waals surface area contributed by atoms with Gasteiger partial charge < -0.3 is 38.5 Å². The van der Waals surface area contributed by atoms with Crippen molar-refractivity contribution in [2.24, 2.45) is 17.3 Å². The van der Waals surface area contributed by atoms with E-state index in [9.17, 15) is 14.4 Å². The molecular formula is C33H45NO10S2. The van der Waals surface area contributed by atoms with Crippen molar-refractivity contribution < 1.29 is 47.5 Å². The molecule has 0 bridgehead atoms. The number of amides is 1. The van der Waals surface area contributed by atoms with E-state index in [1.54, 1.807) is 0 Å². The SMILES string of the molecule is CC(C)[C@]12O[C@H]1[C@@H]1OC13[C@]1(O[C@H]1C[C@H]1C4=C(CC[C@@]13C)C(=O)OC4)[C@@H]2OC(=O)OCCOCCNC(=O)CCCCC1CCSS1. The van der Waals surface area contributed by atoms with Gasteiger partial charge in [0.15, 0.2) is 11.7 Å². The number of cyclic esters (lactones) is 1. The van der Waals surface area contributed by atoms with Gasteiger partial charge in [-0.05, 0) is 55.9 Å². The molecule has 0 radical (unpaired) electrons. The molecule has 11 nitrogen and oxygen atoms in total. The van der Waals surface area contributed by atoms with E-state index in [0.29, 0.717) is 32.6 Å². The summed E-state index contributed by atoms with van der Waals surface area (Å²) in [6, 6.07) is 0. The molecule has 0 aromatic heterocycles. The van der Waals surface area contributed by atoms with Crippen molar-refractivity contribution in [3.8, 4) is 0 Å². The van der Waals surface area contributed by atoms with Crippen LogP contribution in [0.25, 0.3) is 0 Å². The van der Waals surface area contributed by atoms with Crippen LogP contribution in [0, 0.1) is 17.3 Å². The Morgan fingerprint density at radius 2 is 1.98 bits per heavy atom. The van der Waals surface area contributed by atoms with Gasteiger partial charge >= 0.3 is 12.1 Å². The quantitative estimate of drug-likeness (QED) is 0.130. The third-order valence-corrected chi connectivity index (χ3v) is 15.2. The summed E-state index contributed by atoms with van der Waals surface area (Å²) in [5.74, 6) is 1.26. The normalized spacial score (nSPS) is 43.8. The second kappa shape index (κ2) is 11.5. The first kappa shape index (κ1) is 31.7. The van der Waals surface area contributed by atoms with Crippen molar-refractivity contribution in [3.05, 3.63) is 11.1 Å². The van der Waals surface area contributed by atoms with Crippen molar-refractivity contribution in [1.82, 2.24) is 5.32 Å². The van der Waals surface area contributed by atoms with Gasteiger partial charge in [0.05, 0.1) is 19.3 Å². The number of hydrogen-bond acceptors (Lipinski definition) is 12. The van der Waals surface area contributed by atoms with Crippen molar-refractivity contribution in [2.75, 3.05) is 38.7 Å². The minimum absolute atomic E-state index is 0.0300. The number of hydrogen-bond donors (Lipinski definition) is 1. The van der Waals surface area contributed by atoms with Gasteiger partial charge in [-0.3, -0.25) is 4.79 Å². The van der Waals surface area contributed by atoms with E-state index in [1.165, 1.54) is 18.6 Å². The van der Waals surface area contributed by atoms with Crippen LogP contribution in [0.3, 0.4) is 0 Å². The molecule has 3 aliphatic carbocycles. The van der Waals surface area contributed by atoms with Crippen LogP contribution in [0.4, 0.5) is 4.79 Å². The van der Waals surface area contributed by atoms with E-state index < -0.39 is 29.1 Å². The van der Waals surface area contributed by atoms with Crippen LogP contribution in [0.5, 0.6) is 0 Å². The third-order valence-electron chi connectivity index (χ3n) is 12.2. The molecular weight excluding hydrogens is 634 g/mol. The average molecular weight is 680 g/mol. The molecule has 6 fully saturated rings. The number of epoxide rings is 3. The monoisotopic (exact) mass is 679 g/mol. The lowest BCUT2D eigenvalue weighted by Crippen LogP contribution is -2.70. The van der Waals surface area contributed by atoms with Gasteiger partial charge in [0.1, 0.15) is 36.6 Å². The van der Waals surface area contributed by atoms with Crippen LogP contribution in [-0.2, 0) is 42.7 Å². The molecule has 0 aromatic rings. The second-order valence-corrected chi connectivity index (χ2v) is 17.4. The van der Waals surface area contributed by atoms with Gasteiger partial charge in [-0.15, -0.1) is 0 Å². The number of carbonyl (C=O) groups is 3. The van der Waals surface area contributed by atoms with Crippen LogP contribution in [-0.4, -0.2) is 103 Å². The largest absolute Gasteiger partial charge is 0.508 e. The van der Waals surface area contributed by atoms with Gasteiger partial charge in [0, 0.05) is 35.0 Å². The van der Waals surface area contributed by atoms with Gasteiger partial charge in [-0.25, -0.2) is 9.59 Å². The zero-order valence-electron chi connectivity index (χ0n) is 26.8. The van der Waals surface area contributed by atoms with Crippen LogP contribution >= 0.6 is 21.6 Å². The standard InChI is InChI=1S/C33H45NO10S2/c1-18(2)31-25(43-31)26-33(44-26)30(3)10-8-20-21(17-40-27(20)36)22(30)16-23-32(33,42-23)28(31)41-29(37)39-14-13-38-12-11-34-24(35)7-5-4-6-19-9-15-45-46-19/h18-19,22-23,25-26,28H,4-17H2,1-3H3,(H,34,35)/t19?,22-,23-,25-,26-,28+,30-,31-,32+,33?/m0/s1. The van der Waals surface area contributed by atoms with E-state index in [2.05, 4.69) is 26.1 Å². The Morgan fingerprint density at radius 3 is 2.78 bits per heavy atom. The molecule has 10 atom stereocenters. The number of ether oxygens (including phenoxy) is 7. The van der Waals surface area contributed by atoms with E-state index in [-0.39, 0.29) is 60.7 Å². The molecule has 8 rings (SSSR count). The fourth-order valence-electron chi connectivity index (χ4n) is 9.83. The summed E-state index contributed by atoms with van der Waals surface area (Å²) in [6.45, 7) is 7.73. The maximum absolute atomic E-state index is 13.2. The summed E-state index contributed by atoms with van der Waals surface area (Å²) in [7, 11) is 3.93. The summed E-state index contributed by atoms with van der Waals surface area (Å²) in [5.41, 5.74) is -0.573. The topological polar surface area (TPSA) is 138 Å². The Kier molecular flexibility index (Phi) is 7.96. The summed E-state index contributed by atoms with van der Waals surface area (Å²) in [6.07, 6.45) is 5.16. The number of rotatable bonds is 13. The predicted octanol–water partition coefficient (Wildman–Crippen LogP) is 4.11. The van der Waals surface area contributed by atoms with Crippen molar-refractivity contribution >= 4 is 39.6 Å². The third kappa shape index (κ3) is 4.57.